The summed E-state index contributed by atoms with van der Waals surface area (Å²) in [6, 6.07) is 0. The fourth-order valence-electron chi connectivity index (χ4n) is 2.97. The summed E-state index contributed by atoms with van der Waals surface area (Å²) in [4.78, 5) is 11.3. The van der Waals surface area contributed by atoms with Crippen molar-refractivity contribution in [2.75, 3.05) is 33.2 Å². The predicted octanol–water partition coefficient (Wildman–Crippen LogP) is 2.31. The Bertz CT molecular complexity index is 479. The number of imidazole rings is 1. The Morgan fingerprint density at radius 3 is 2.67 bits per heavy atom. The first-order chi connectivity index (χ1) is 11.2. The molecule has 1 aliphatic rings. The molecule has 0 amide bonds. The molecular weight excluding hydrogens is 415 g/mol. The Hall–Kier alpha value is -0.830. The van der Waals surface area contributed by atoms with Gasteiger partial charge in [0.05, 0.1) is 6.54 Å². The molecule has 7 heteroatoms. The van der Waals surface area contributed by atoms with Crippen molar-refractivity contribution in [1.82, 2.24) is 25.1 Å². The number of piperidine rings is 1. The first kappa shape index (κ1) is 21.2. The third kappa shape index (κ3) is 7.38. The van der Waals surface area contributed by atoms with Crippen LogP contribution in [0.15, 0.2) is 17.4 Å². The molecule has 0 saturated carbocycles. The molecule has 0 atom stereocenters. The maximum Gasteiger partial charge on any atom is 0.191 e. The number of likely N-dealkylation sites (tertiary alicyclic amines) is 1. The summed E-state index contributed by atoms with van der Waals surface area (Å²) < 4.78 is 2.21. The Kier molecular flexibility index (Phi) is 10.3. The quantitative estimate of drug-likeness (QED) is 0.382. The van der Waals surface area contributed by atoms with Crippen molar-refractivity contribution < 1.29 is 0 Å². The normalized spacial score (nSPS) is 16.1. The third-order valence-electron chi connectivity index (χ3n) is 4.17. The highest BCUT2D eigenvalue weighted by Gasteiger charge is 2.10. The maximum absolute atomic E-state index is 4.44. The average Bonchev–Trinajstić information content (AvgIpc) is 2.98. The van der Waals surface area contributed by atoms with Gasteiger partial charge >= 0.3 is 0 Å². The van der Waals surface area contributed by atoms with Gasteiger partial charge in [-0.1, -0.05) is 20.3 Å². The number of nitrogens with zero attached hydrogens (tertiary/aromatic N) is 4. The third-order valence-corrected chi connectivity index (χ3v) is 4.17. The van der Waals surface area contributed by atoms with Crippen molar-refractivity contribution in [3.05, 3.63) is 18.2 Å². The molecule has 1 aromatic rings. The number of nitrogens with one attached hydrogen (secondary N) is 2. The SMILES string of the molecule is CN=C(NCCN1CCCCC1)NCc1nccn1CC(C)C.I. The van der Waals surface area contributed by atoms with E-state index >= 15 is 0 Å². The van der Waals surface area contributed by atoms with Crippen LogP contribution in [0.5, 0.6) is 0 Å². The maximum atomic E-state index is 4.44. The highest BCUT2D eigenvalue weighted by molar-refractivity contribution is 14.0. The molecule has 24 heavy (non-hydrogen) atoms. The van der Waals surface area contributed by atoms with E-state index in [2.05, 4.69) is 43.9 Å². The van der Waals surface area contributed by atoms with E-state index in [9.17, 15) is 0 Å². The van der Waals surface area contributed by atoms with Gasteiger partial charge in [-0.3, -0.25) is 4.99 Å². The molecule has 1 aromatic heterocycles. The Morgan fingerprint density at radius 1 is 1.25 bits per heavy atom. The molecule has 0 aromatic carbocycles. The zero-order valence-electron chi connectivity index (χ0n) is 15.3. The van der Waals surface area contributed by atoms with Gasteiger partial charge in [0.25, 0.3) is 0 Å². The van der Waals surface area contributed by atoms with Gasteiger partial charge in [0, 0.05) is 39.1 Å². The molecule has 2 rings (SSSR count). The van der Waals surface area contributed by atoms with Crippen LogP contribution in [0.4, 0.5) is 0 Å². The Labute approximate surface area is 163 Å². The minimum absolute atomic E-state index is 0. The number of aliphatic imine (C=N–C) groups is 1. The minimum Gasteiger partial charge on any atom is -0.355 e. The molecular formula is C17H33IN6. The topological polar surface area (TPSA) is 57.5 Å². The van der Waals surface area contributed by atoms with Gasteiger partial charge in [-0.15, -0.1) is 24.0 Å². The zero-order valence-corrected chi connectivity index (χ0v) is 17.6. The standard InChI is InChI=1S/C17H32N6.HI/c1-15(2)14-23-12-8-19-16(23)13-21-17(18-3)20-7-11-22-9-5-4-6-10-22;/h8,12,15H,4-7,9-11,13-14H2,1-3H3,(H2,18,20,21);1H. The van der Waals surface area contributed by atoms with Crippen LogP contribution < -0.4 is 10.6 Å². The van der Waals surface area contributed by atoms with E-state index in [0.717, 1.165) is 31.4 Å². The molecule has 138 valence electrons. The molecule has 0 unspecified atom stereocenters. The zero-order chi connectivity index (χ0) is 16.5. The van der Waals surface area contributed by atoms with Crippen LogP contribution in [0, 0.1) is 5.92 Å². The molecule has 0 aliphatic carbocycles. The van der Waals surface area contributed by atoms with E-state index in [1.54, 1.807) is 0 Å². The van der Waals surface area contributed by atoms with Gasteiger partial charge in [0.15, 0.2) is 5.96 Å². The van der Waals surface area contributed by atoms with E-state index in [0.29, 0.717) is 12.5 Å². The molecule has 2 heterocycles. The van der Waals surface area contributed by atoms with Crippen LogP contribution in [-0.2, 0) is 13.1 Å². The summed E-state index contributed by atoms with van der Waals surface area (Å²) in [7, 11) is 1.82. The first-order valence-electron chi connectivity index (χ1n) is 8.86. The molecule has 0 bridgehead atoms. The summed E-state index contributed by atoms with van der Waals surface area (Å²) in [5, 5.41) is 6.76. The van der Waals surface area contributed by atoms with Crippen molar-refractivity contribution in [2.45, 2.75) is 46.2 Å². The van der Waals surface area contributed by atoms with Crippen LogP contribution in [0.3, 0.4) is 0 Å². The molecule has 1 fully saturated rings. The van der Waals surface area contributed by atoms with Crippen LogP contribution in [0.25, 0.3) is 0 Å². The second-order valence-electron chi connectivity index (χ2n) is 6.64. The van der Waals surface area contributed by atoms with Crippen LogP contribution in [0.1, 0.15) is 38.9 Å². The molecule has 0 spiro atoms. The van der Waals surface area contributed by atoms with Gasteiger partial charge < -0.3 is 20.1 Å². The summed E-state index contributed by atoms with van der Waals surface area (Å²) in [6.45, 7) is 10.6. The highest BCUT2D eigenvalue weighted by atomic mass is 127. The number of hydrogen-bond acceptors (Lipinski definition) is 3. The number of rotatable bonds is 7. The lowest BCUT2D eigenvalue weighted by Gasteiger charge is -2.26. The lowest BCUT2D eigenvalue weighted by Crippen LogP contribution is -2.42. The minimum atomic E-state index is 0. The number of hydrogen-bond donors (Lipinski definition) is 2. The van der Waals surface area contributed by atoms with Crippen LogP contribution >= 0.6 is 24.0 Å². The fourth-order valence-corrected chi connectivity index (χ4v) is 2.97. The van der Waals surface area contributed by atoms with E-state index in [4.69, 9.17) is 0 Å². The van der Waals surface area contributed by atoms with E-state index in [1.165, 1.54) is 32.4 Å². The summed E-state index contributed by atoms with van der Waals surface area (Å²) in [5.41, 5.74) is 0. The summed E-state index contributed by atoms with van der Waals surface area (Å²) in [5.74, 6) is 2.52. The second kappa shape index (κ2) is 11.7. The molecule has 1 aliphatic heterocycles. The van der Waals surface area contributed by atoms with E-state index < -0.39 is 0 Å². The first-order valence-corrected chi connectivity index (χ1v) is 8.86. The molecule has 6 nitrogen and oxygen atoms in total. The van der Waals surface area contributed by atoms with Crippen molar-refractivity contribution in [1.29, 1.82) is 0 Å². The average molecular weight is 448 g/mol. The van der Waals surface area contributed by atoms with Crippen LogP contribution in [-0.4, -0.2) is 53.6 Å². The van der Waals surface area contributed by atoms with Gasteiger partial charge in [0.1, 0.15) is 5.82 Å². The van der Waals surface area contributed by atoms with Crippen molar-refractivity contribution in [2.24, 2.45) is 10.9 Å². The Balaban J connectivity index is 0.00000288. The van der Waals surface area contributed by atoms with Crippen molar-refractivity contribution in [3.8, 4) is 0 Å². The van der Waals surface area contributed by atoms with Crippen molar-refractivity contribution >= 4 is 29.9 Å². The van der Waals surface area contributed by atoms with Gasteiger partial charge in [-0.2, -0.15) is 0 Å². The van der Waals surface area contributed by atoms with E-state index in [1.807, 2.05) is 19.4 Å². The molecule has 1 saturated heterocycles. The Morgan fingerprint density at radius 2 is 2.00 bits per heavy atom. The lowest BCUT2D eigenvalue weighted by atomic mass is 10.1. The largest absolute Gasteiger partial charge is 0.355 e. The predicted molar refractivity (Wildman–Crippen MR) is 111 cm³/mol. The second-order valence-corrected chi connectivity index (χ2v) is 6.64. The van der Waals surface area contributed by atoms with Crippen LogP contribution in [0.2, 0.25) is 0 Å². The number of aromatic nitrogens is 2. The monoisotopic (exact) mass is 448 g/mol. The van der Waals surface area contributed by atoms with Gasteiger partial charge in [-0.25, -0.2) is 4.98 Å². The van der Waals surface area contributed by atoms with Gasteiger partial charge in [-0.05, 0) is 31.8 Å². The summed E-state index contributed by atoms with van der Waals surface area (Å²) >= 11 is 0. The van der Waals surface area contributed by atoms with Crippen molar-refractivity contribution in [3.63, 3.8) is 0 Å². The van der Waals surface area contributed by atoms with E-state index in [-0.39, 0.29) is 24.0 Å². The van der Waals surface area contributed by atoms with Gasteiger partial charge in [0.2, 0.25) is 0 Å². The smallest absolute Gasteiger partial charge is 0.191 e. The lowest BCUT2D eigenvalue weighted by molar-refractivity contribution is 0.232. The highest BCUT2D eigenvalue weighted by Crippen LogP contribution is 2.07. The molecule has 2 N–H and O–H groups in total. The molecule has 0 radical (unpaired) electrons. The number of guanidine groups is 1. The fraction of sp³-hybridized carbons (Fsp3) is 0.765. The number of halogens is 1. The summed E-state index contributed by atoms with van der Waals surface area (Å²) in [6.07, 6.45) is 7.97.